The summed E-state index contributed by atoms with van der Waals surface area (Å²) < 4.78 is 39.7. The first-order valence-electron chi connectivity index (χ1n) is 6.49. The largest absolute Gasteiger partial charge is 0.435 e. The van der Waals surface area contributed by atoms with Crippen LogP contribution in [0.4, 0.5) is 13.2 Å². The number of nitrogens with zero attached hydrogens (tertiary/aromatic N) is 2. The van der Waals surface area contributed by atoms with E-state index in [9.17, 15) is 13.2 Å². The second kappa shape index (κ2) is 6.19. The Morgan fingerprint density at radius 2 is 2.05 bits per heavy atom. The molecule has 2 rings (SSSR count). The summed E-state index contributed by atoms with van der Waals surface area (Å²) in [6.45, 7) is 4.88. The predicted octanol–water partition coefficient (Wildman–Crippen LogP) is 4.32. The van der Waals surface area contributed by atoms with Crippen molar-refractivity contribution in [2.24, 2.45) is 0 Å². The second-order valence-electron chi connectivity index (χ2n) is 4.63. The average molecular weight is 362 g/mol. The monoisotopic (exact) mass is 361 g/mol. The number of nitrogens with one attached hydrogen (secondary N) is 1. The fourth-order valence-electron chi connectivity index (χ4n) is 2.04. The zero-order valence-electron chi connectivity index (χ0n) is 11.6. The van der Waals surface area contributed by atoms with E-state index < -0.39 is 11.9 Å². The van der Waals surface area contributed by atoms with Gasteiger partial charge in [-0.2, -0.15) is 18.3 Å². The molecule has 0 radical (unpaired) electrons. The summed E-state index contributed by atoms with van der Waals surface area (Å²) in [5.74, 6) is 0. The summed E-state index contributed by atoms with van der Waals surface area (Å²) >= 11 is 3.46. The Labute approximate surface area is 129 Å². The van der Waals surface area contributed by atoms with Crippen LogP contribution in [0, 0.1) is 0 Å². The maximum atomic E-state index is 12.6. The molecule has 0 spiro atoms. The van der Waals surface area contributed by atoms with E-state index in [-0.39, 0.29) is 6.04 Å². The van der Waals surface area contributed by atoms with Gasteiger partial charge >= 0.3 is 6.18 Å². The summed E-state index contributed by atoms with van der Waals surface area (Å²) in [6, 6.07) is 6.50. The number of alkyl halides is 3. The van der Waals surface area contributed by atoms with Gasteiger partial charge in [-0.25, -0.2) is 4.68 Å². The molecule has 7 heteroatoms. The van der Waals surface area contributed by atoms with Crippen molar-refractivity contribution in [1.82, 2.24) is 15.1 Å². The Morgan fingerprint density at radius 3 is 2.57 bits per heavy atom. The zero-order valence-corrected chi connectivity index (χ0v) is 13.2. The molecule has 0 saturated heterocycles. The summed E-state index contributed by atoms with van der Waals surface area (Å²) in [4.78, 5) is 0. The van der Waals surface area contributed by atoms with Crippen LogP contribution in [0.15, 0.2) is 34.9 Å². The number of benzene rings is 1. The first kappa shape index (κ1) is 16.0. The van der Waals surface area contributed by atoms with Crippen molar-refractivity contribution in [1.29, 1.82) is 0 Å². The zero-order chi connectivity index (χ0) is 15.6. The van der Waals surface area contributed by atoms with E-state index in [1.54, 1.807) is 12.1 Å². The molecule has 21 heavy (non-hydrogen) atoms. The van der Waals surface area contributed by atoms with Gasteiger partial charge < -0.3 is 5.32 Å². The van der Waals surface area contributed by atoms with Crippen LogP contribution >= 0.6 is 15.9 Å². The number of halogens is 4. The van der Waals surface area contributed by atoms with Gasteiger partial charge in [0, 0.05) is 16.7 Å². The first-order chi connectivity index (χ1) is 9.82. The fourth-order valence-corrected chi connectivity index (χ4v) is 2.75. The van der Waals surface area contributed by atoms with Crippen molar-refractivity contribution in [3.8, 4) is 5.69 Å². The van der Waals surface area contributed by atoms with Gasteiger partial charge in [0.2, 0.25) is 0 Å². The van der Waals surface area contributed by atoms with E-state index in [4.69, 9.17) is 0 Å². The maximum absolute atomic E-state index is 12.6. The first-order valence-corrected chi connectivity index (χ1v) is 7.28. The highest BCUT2D eigenvalue weighted by molar-refractivity contribution is 9.10. The normalized spacial score (nSPS) is 13.4. The van der Waals surface area contributed by atoms with Crippen molar-refractivity contribution in [3.63, 3.8) is 0 Å². The van der Waals surface area contributed by atoms with Gasteiger partial charge in [0.15, 0.2) is 5.69 Å². The third kappa shape index (κ3) is 3.65. The van der Waals surface area contributed by atoms with Gasteiger partial charge in [-0.05, 0) is 37.2 Å². The minimum Gasteiger partial charge on any atom is -0.310 e. The van der Waals surface area contributed by atoms with E-state index >= 15 is 0 Å². The number of aromatic nitrogens is 2. The topological polar surface area (TPSA) is 29.9 Å². The third-order valence-electron chi connectivity index (χ3n) is 3.10. The van der Waals surface area contributed by atoms with Crippen LogP contribution in [0.25, 0.3) is 5.69 Å². The van der Waals surface area contributed by atoms with Gasteiger partial charge in [-0.15, -0.1) is 0 Å². The molecule has 1 N–H and O–H groups in total. The van der Waals surface area contributed by atoms with E-state index in [0.717, 1.165) is 22.6 Å². The standard InChI is InChI=1S/C14H15BrF3N3/c1-3-19-9(2)11-5-4-10(8-12(11)15)21-7-6-13(20-21)14(16,17)18/h4-9,19H,3H2,1-2H3. The average Bonchev–Trinajstić information content (AvgIpc) is 2.88. The molecule has 0 aliphatic carbocycles. The highest BCUT2D eigenvalue weighted by atomic mass is 79.9. The molecule has 1 atom stereocenters. The van der Waals surface area contributed by atoms with Crippen molar-refractivity contribution in [3.05, 3.63) is 46.2 Å². The Bertz CT molecular complexity index is 622. The van der Waals surface area contributed by atoms with Gasteiger partial charge in [-0.1, -0.05) is 28.9 Å². The SMILES string of the molecule is CCNC(C)c1ccc(-n2ccc(C(F)(F)F)n2)cc1Br. The molecule has 1 heterocycles. The van der Waals surface area contributed by atoms with Gasteiger partial charge in [0.25, 0.3) is 0 Å². The van der Waals surface area contributed by atoms with E-state index in [2.05, 4.69) is 26.3 Å². The molecule has 0 aliphatic rings. The van der Waals surface area contributed by atoms with Crippen LogP contribution in [-0.2, 0) is 6.18 Å². The van der Waals surface area contributed by atoms with Crippen molar-refractivity contribution >= 4 is 15.9 Å². The lowest BCUT2D eigenvalue weighted by Gasteiger charge is -2.15. The Kier molecular flexibility index (Phi) is 4.73. The van der Waals surface area contributed by atoms with Crippen molar-refractivity contribution in [2.75, 3.05) is 6.54 Å². The Hall–Kier alpha value is -1.34. The summed E-state index contributed by atoms with van der Waals surface area (Å²) in [6.07, 6.45) is -3.13. The second-order valence-corrected chi connectivity index (χ2v) is 5.48. The third-order valence-corrected chi connectivity index (χ3v) is 3.79. The molecule has 0 amide bonds. The predicted molar refractivity (Wildman–Crippen MR) is 78.4 cm³/mol. The number of hydrogen-bond donors (Lipinski definition) is 1. The molecular weight excluding hydrogens is 347 g/mol. The molecular formula is C14H15BrF3N3. The molecule has 3 nitrogen and oxygen atoms in total. The minimum absolute atomic E-state index is 0.154. The highest BCUT2D eigenvalue weighted by Crippen LogP contribution is 2.29. The van der Waals surface area contributed by atoms with Crippen LogP contribution in [0.1, 0.15) is 31.1 Å². The molecule has 1 aromatic heterocycles. The molecule has 0 aliphatic heterocycles. The Balaban J connectivity index is 2.30. The minimum atomic E-state index is -4.43. The van der Waals surface area contributed by atoms with Gasteiger partial charge in [-0.3, -0.25) is 0 Å². The summed E-state index contributed by atoms with van der Waals surface area (Å²) in [5.41, 5.74) is 0.720. The van der Waals surface area contributed by atoms with E-state index in [1.807, 2.05) is 19.9 Å². The molecule has 114 valence electrons. The number of rotatable bonds is 4. The van der Waals surface area contributed by atoms with Crippen molar-refractivity contribution in [2.45, 2.75) is 26.1 Å². The molecule has 0 saturated carbocycles. The fraction of sp³-hybridized carbons (Fsp3) is 0.357. The lowest BCUT2D eigenvalue weighted by Crippen LogP contribution is -2.18. The highest BCUT2D eigenvalue weighted by Gasteiger charge is 2.33. The lowest BCUT2D eigenvalue weighted by molar-refractivity contribution is -0.141. The number of hydrogen-bond acceptors (Lipinski definition) is 2. The summed E-state index contributed by atoms with van der Waals surface area (Å²) in [5, 5.41) is 6.84. The van der Waals surface area contributed by atoms with Crippen LogP contribution in [-0.4, -0.2) is 16.3 Å². The Morgan fingerprint density at radius 1 is 1.33 bits per heavy atom. The molecule has 1 unspecified atom stereocenters. The van der Waals surface area contributed by atoms with Gasteiger partial charge in [0.1, 0.15) is 0 Å². The molecule has 0 fully saturated rings. The van der Waals surface area contributed by atoms with E-state index in [0.29, 0.717) is 5.69 Å². The lowest BCUT2D eigenvalue weighted by atomic mass is 10.1. The smallest absolute Gasteiger partial charge is 0.310 e. The molecule has 1 aromatic carbocycles. The van der Waals surface area contributed by atoms with Crippen molar-refractivity contribution < 1.29 is 13.2 Å². The van der Waals surface area contributed by atoms with Crippen LogP contribution in [0.3, 0.4) is 0 Å². The quantitative estimate of drug-likeness (QED) is 0.878. The van der Waals surface area contributed by atoms with E-state index in [1.165, 1.54) is 10.9 Å². The van der Waals surface area contributed by atoms with Crippen LogP contribution < -0.4 is 5.32 Å². The van der Waals surface area contributed by atoms with Crippen LogP contribution in [0.5, 0.6) is 0 Å². The molecule has 0 bridgehead atoms. The molecule has 2 aromatic rings. The summed E-state index contributed by atoms with van der Waals surface area (Å²) in [7, 11) is 0. The van der Waals surface area contributed by atoms with Gasteiger partial charge in [0.05, 0.1) is 5.69 Å². The van der Waals surface area contributed by atoms with Crippen LogP contribution in [0.2, 0.25) is 0 Å². The maximum Gasteiger partial charge on any atom is 0.435 e.